The van der Waals surface area contributed by atoms with Crippen molar-refractivity contribution in [3.05, 3.63) is 33.1 Å². The van der Waals surface area contributed by atoms with Crippen LogP contribution in [-0.2, 0) is 23.1 Å². The largest absolute Gasteiger partial charge is 0.472 e. The van der Waals surface area contributed by atoms with Crippen LogP contribution >= 0.6 is 19.6 Å². The molecule has 2 rings (SSSR count). The maximum absolute atomic E-state index is 12.1. The SMILES string of the molecule is CC(C)(CO)C(=O)SCCOP(=O)(O)OCC1OC(n2ccc(=O)[nH]c2=O)CC1CO. The molecule has 0 aliphatic carbocycles. The fourth-order valence-electron chi connectivity index (χ4n) is 2.73. The quantitative estimate of drug-likeness (QED) is 0.243. The molecule has 1 aliphatic heterocycles. The summed E-state index contributed by atoms with van der Waals surface area (Å²) in [4.78, 5) is 46.9. The van der Waals surface area contributed by atoms with E-state index in [-0.39, 0.29) is 43.7 Å². The van der Waals surface area contributed by atoms with E-state index in [1.807, 2.05) is 0 Å². The summed E-state index contributed by atoms with van der Waals surface area (Å²) >= 11 is 0.869. The van der Waals surface area contributed by atoms with Crippen LogP contribution in [-0.4, -0.2) is 68.1 Å². The number of nitrogens with zero attached hydrogens (tertiary/aromatic N) is 1. The number of carbonyl (C=O) groups is 1. The molecule has 1 aliphatic rings. The molecule has 2 heterocycles. The van der Waals surface area contributed by atoms with Gasteiger partial charge in [-0.25, -0.2) is 9.36 Å². The summed E-state index contributed by atoms with van der Waals surface area (Å²) in [6.07, 6.45) is -0.0850. The lowest BCUT2D eigenvalue weighted by molar-refractivity contribution is -0.119. The number of aliphatic hydroxyl groups is 2. The first kappa shape index (κ1) is 25.9. The normalized spacial score (nSPS) is 23.6. The van der Waals surface area contributed by atoms with Crippen molar-refractivity contribution >= 4 is 24.7 Å². The van der Waals surface area contributed by atoms with Gasteiger partial charge in [0, 0.05) is 37.0 Å². The lowest BCUT2D eigenvalue weighted by atomic mass is 9.97. The van der Waals surface area contributed by atoms with Gasteiger partial charge in [0.15, 0.2) is 5.12 Å². The fraction of sp³-hybridized carbons (Fsp3) is 0.706. The van der Waals surface area contributed by atoms with Gasteiger partial charge >= 0.3 is 13.5 Å². The summed E-state index contributed by atoms with van der Waals surface area (Å²) in [5.41, 5.74) is -2.16. The van der Waals surface area contributed by atoms with Crippen molar-refractivity contribution in [1.82, 2.24) is 9.55 Å². The van der Waals surface area contributed by atoms with Crippen LogP contribution in [0.4, 0.5) is 0 Å². The number of aliphatic hydroxyl groups excluding tert-OH is 2. The Morgan fingerprint density at radius 2 is 2.10 bits per heavy atom. The molecule has 0 amide bonds. The second kappa shape index (κ2) is 11.0. The van der Waals surface area contributed by atoms with Crippen LogP contribution in [0.25, 0.3) is 0 Å². The number of ether oxygens (including phenoxy) is 1. The second-order valence-corrected chi connectivity index (χ2v) is 10.1. The zero-order chi connectivity index (χ0) is 23.2. The molecule has 1 aromatic heterocycles. The van der Waals surface area contributed by atoms with E-state index in [2.05, 4.69) is 4.98 Å². The van der Waals surface area contributed by atoms with Crippen LogP contribution < -0.4 is 11.2 Å². The van der Waals surface area contributed by atoms with E-state index in [0.717, 1.165) is 22.4 Å². The molecule has 4 unspecified atom stereocenters. The van der Waals surface area contributed by atoms with E-state index in [1.165, 1.54) is 6.20 Å². The van der Waals surface area contributed by atoms with E-state index in [0.29, 0.717) is 0 Å². The van der Waals surface area contributed by atoms with E-state index in [1.54, 1.807) is 13.8 Å². The van der Waals surface area contributed by atoms with Gasteiger partial charge in [-0.3, -0.25) is 28.2 Å². The number of aromatic amines is 1. The molecule has 31 heavy (non-hydrogen) atoms. The summed E-state index contributed by atoms with van der Waals surface area (Å²) in [5.74, 6) is -0.384. The molecule has 4 atom stereocenters. The molecule has 1 saturated heterocycles. The maximum atomic E-state index is 12.1. The number of hydrogen-bond donors (Lipinski definition) is 4. The number of nitrogens with one attached hydrogen (secondary N) is 1. The summed E-state index contributed by atoms with van der Waals surface area (Å²) in [5, 5.41) is 18.4. The zero-order valence-electron chi connectivity index (χ0n) is 17.1. The minimum Gasteiger partial charge on any atom is -0.396 e. The van der Waals surface area contributed by atoms with Gasteiger partial charge in [0.25, 0.3) is 5.56 Å². The minimum absolute atomic E-state index is 0.0898. The summed E-state index contributed by atoms with van der Waals surface area (Å²) in [6.45, 7) is 1.92. The van der Waals surface area contributed by atoms with Gasteiger partial charge in [-0.1, -0.05) is 11.8 Å². The van der Waals surface area contributed by atoms with Crippen molar-refractivity contribution in [2.24, 2.45) is 11.3 Å². The highest BCUT2D eigenvalue weighted by atomic mass is 32.2. The molecule has 0 saturated carbocycles. The summed E-state index contributed by atoms with van der Waals surface area (Å²) < 4.78 is 28.7. The molecule has 1 aromatic rings. The number of H-pyrrole nitrogens is 1. The topological polar surface area (TPSA) is 177 Å². The Kier molecular flexibility index (Phi) is 9.22. The van der Waals surface area contributed by atoms with Crippen LogP contribution in [0, 0.1) is 11.3 Å². The van der Waals surface area contributed by atoms with E-state index < -0.39 is 42.7 Å². The molecule has 4 N–H and O–H groups in total. The number of phosphoric ester groups is 1. The van der Waals surface area contributed by atoms with Crippen molar-refractivity contribution in [3.8, 4) is 0 Å². The van der Waals surface area contributed by atoms with Gasteiger partial charge in [0.2, 0.25) is 0 Å². The fourth-order valence-corrected chi connectivity index (χ4v) is 4.39. The van der Waals surface area contributed by atoms with Gasteiger partial charge < -0.3 is 19.8 Å². The van der Waals surface area contributed by atoms with Gasteiger partial charge in [-0.05, 0) is 13.8 Å². The average molecular weight is 482 g/mol. The highest BCUT2D eigenvalue weighted by Gasteiger charge is 2.38. The van der Waals surface area contributed by atoms with Crippen molar-refractivity contribution < 1.29 is 38.3 Å². The molecular formula is C17H27N2O10PS. The zero-order valence-corrected chi connectivity index (χ0v) is 18.8. The van der Waals surface area contributed by atoms with Crippen molar-refractivity contribution in [3.63, 3.8) is 0 Å². The Balaban J connectivity index is 1.84. The van der Waals surface area contributed by atoms with Crippen molar-refractivity contribution in [2.45, 2.75) is 32.6 Å². The van der Waals surface area contributed by atoms with Gasteiger partial charge in [-0.15, -0.1) is 0 Å². The summed E-state index contributed by atoms with van der Waals surface area (Å²) in [7, 11) is -4.45. The molecule has 0 spiro atoms. The number of carbonyl (C=O) groups excluding carboxylic acids is 1. The smallest absolute Gasteiger partial charge is 0.396 e. The van der Waals surface area contributed by atoms with Crippen LogP contribution in [0.1, 0.15) is 26.5 Å². The van der Waals surface area contributed by atoms with E-state index in [9.17, 15) is 28.9 Å². The molecule has 0 aromatic carbocycles. The van der Waals surface area contributed by atoms with Crippen LogP contribution in [0.2, 0.25) is 0 Å². The van der Waals surface area contributed by atoms with Crippen molar-refractivity contribution in [2.75, 3.05) is 32.2 Å². The van der Waals surface area contributed by atoms with E-state index >= 15 is 0 Å². The molecule has 1 fully saturated rings. The monoisotopic (exact) mass is 482 g/mol. The third-order valence-corrected chi connectivity index (χ3v) is 6.85. The number of rotatable bonds is 11. The standard InChI is InChI=1S/C17H27N2O10PS/c1-17(2,10-21)15(23)31-6-5-27-30(25,26)28-9-12-11(8-20)7-14(29-12)19-4-3-13(22)18-16(19)24/h3-4,11-12,14,20-21H,5-10H2,1-2H3,(H,25,26)(H,18,22,24). The predicted molar refractivity (Wildman–Crippen MR) is 110 cm³/mol. The number of hydrogen-bond acceptors (Lipinski definition) is 10. The third kappa shape index (κ3) is 7.36. The highest BCUT2D eigenvalue weighted by Crippen LogP contribution is 2.45. The Morgan fingerprint density at radius 1 is 1.39 bits per heavy atom. The molecule has 14 heteroatoms. The van der Waals surface area contributed by atoms with Gasteiger partial charge in [-0.2, -0.15) is 0 Å². The number of aromatic nitrogens is 2. The first-order chi connectivity index (χ1) is 14.5. The molecule has 12 nitrogen and oxygen atoms in total. The Bertz CT molecular complexity index is 917. The van der Waals surface area contributed by atoms with Crippen LogP contribution in [0.3, 0.4) is 0 Å². The van der Waals surface area contributed by atoms with Gasteiger partial charge in [0.1, 0.15) is 6.23 Å². The second-order valence-electron chi connectivity index (χ2n) is 7.60. The van der Waals surface area contributed by atoms with E-state index in [4.69, 9.17) is 18.9 Å². The minimum atomic E-state index is -4.45. The lowest BCUT2D eigenvalue weighted by Gasteiger charge is -2.20. The lowest BCUT2D eigenvalue weighted by Crippen LogP contribution is -2.31. The molecule has 176 valence electrons. The molecular weight excluding hydrogens is 455 g/mol. The number of phosphoric acid groups is 1. The third-order valence-electron chi connectivity index (χ3n) is 4.68. The molecule has 0 radical (unpaired) electrons. The Morgan fingerprint density at radius 3 is 2.71 bits per heavy atom. The Labute approximate surface area is 182 Å². The average Bonchev–Trinajstić information content (AvgIpc) is 3.12. The first-order valence-electron chi connectivity index (χ1n) is 9.47. The maximum Gasteiger partial charge on any atom is 0.472 e. The first-order valence-corrected chi connectivity index (χ1v) is 11.9. The van der Waals surface area contributed by atoms with Crippen LogP contribution in [0.5, 0.6) is 0 Å². The molecule has 0 bridgehead atoms. The summed E-state index contributed by atoms with van der Waals surface area (Å²) in [6, 6.07) is 1.16. The van der Waals surface area contributed by atoms with Crippen molar-refractivity contribution in [1.29, 1.82) is 0 Å². The Hall–Kier alpha value is -1.31. The van der Waals surface area contributed by atoms with Gasteiger partial charge in [0.05, 0.1) is 31.3 Å². The number of thioether (sulfide) groups is 1. The highest BCUT2D eigenvalue weighted by molar-refractivity contribution is 8.13. The van der Waals surface area contributed by atoms with Crippen LogP contribution in [0.15, 0.2) is 21.9 Å². The predicted octanol–water partition coefficient (Wildman–Crippen LogP) is -0.155.